The maximum absolute atomic E-state index is 5.28. The summed E-state index contributed by atoms with van der Waals surface area (Å²) >= 11 is 0. The zero-order valence-electron chi connectivity index (χ0n) is 14.1. The number of nitrogens with one attached hydrogen (secondary N) is 1. The third-order valence-electron chi connectivity index (χ3n) is 4.47. The maximum atomic E-state index is 5.28. The second kappa shape index (κ2) is 6.81. The topological polar surface area (TPSA) is 33.6 Å². The summed E-state index contributed by atoms with van der Waals surface area (Å²) in [5.41, 5.74) is 5.54. The Hall–Kier alpha value is -3.07. The van der Waals surface area contributed by atoms with E-state index in [1.807, 2.05) is 36.4 Å². The van der Waals surface area contributed by atoms with Crippen LogP contribution < -0.4 is 10.1 Å². The summed E-state index contributed by atoms with van der Waals surface area (Å²) in [5.74, 6) is 0.855. The summed E-state index contributed by atoms with van der Waals surface area (Å²) in [6.07, 6.45) is 0.889. The van der Waals surface area contributed by atoms with Crippen LogP contribution in [-0.2, 0) is 6.42 Å². The average Bonchev–Trinajstić information content (AvgIpc) is 2.68. The molecule has 0 aliphatic carbocycles. The van der Waals surface area contributed by atoms with E-state index in [4.69, 9.17) is 9.73 Å². The molecule has 0 amide bonds. The molecule has 1 unspecified atom stereocenters. The number of ether oxygens (including phenoxy) is 1. The highest BCUT2D eigenvalue weighted by Crippen LogP contribution is 2.32. The number of nitrogens with zero attached hydrogens (tertiary/aromatic N) is 1. The monoisotopic (exact) mass is 328 g/mol. The summed E-state index contributed by atoms with van der Waals surface area (Å²) in [6.45, 7) is 0. The minimum atomic E-state index is 0.130. The third kappa shape index (κ3) is 3.26. The van der Waals surface area contributed by atoms with Crippen molar-refractivity contribution in [3.8, 4) is 5.75 Å². The van der Waals surface area contributed by atoms with Crippen molar-refractivity contribution >= 4 is 17.1 Å². The summed E-state index contributed by atoms with van der Waals surface area (Å²) < 4.78 is 5.28. The van der Waals surface area contributed by atoms with E-state index in [9.17, 15) is 0 Å². The summed E-state index contributed by atoms with van der Waals surface area (Å²) in [6, 6.07) is 27.0. The molecule has 0 saturated heterocycles. The maximum Gasteiger partial charge on any atom is 0.118 e. The highest BCUT2D eigenvalue weighted by molar-refractivity contribution is 6.09. The molecule has 1 N–H and O–H groups in total. The summed E-state index contributed by atoms with van der Waals surface area (Å²) in [5, 5.41) is 3.66. The summed E-state index contributed by atoms with van der Waals surface area (Å²) in [7, 11) is 1.68. The molecule has 25 heavy (non-hydrogen) atoms. The number of anilines is 1. The van der Waals surface area contributed by atoms with Gasteiger partial charge in [0.25, 0.3) is 0 Å². The fraction of sp³-hybridized carbons (Fsp3) is 0.136. The molecule has 0 bridgehead atoms. The zero-order valence-corrected chi connectivity index (χ0v) is 14.1. The van der Waals surface area contributed by atoms with Crippen molar-refractivity contribution < 1.29 is 4.74 Å². The smallest absolute Gasteiger partial charge is 0.118 e. The highest BCUT2D eigenvalue weighted by atomic mass is 16.5. The van der Waals surface area contributed by atoms with Gasteiger partial charge in [0.05, 0.1) is 30.2 Å². The van der Waals surface area contributed by atoms with Gasteiger partial charge in [0.2, 0.25) is 0 Å². The lowest BCUT2D eigenvalue weighted by Crippen LogP contribution is -2.34. The van der Waals surface area contributed by atoms with E-state index in [0.29, 0.717) is 0 Å². The van der Waals surface area contributed by atoms with Gasteiger partial charge in [-0.2, -0.15) is 0 Å². The minimum Gasteiger partial charge on any atom is -0.497 e. The first kappa shape index (κ1) is 15.5. The Labute approximate surface area is 148 Å². The molecule has 1 heterocycles. The molecule has 1 aliphatic rings. The van der Waals surface area contributed by atoms with Gasteiger partial charge in [0, 0.05) is 0 Å². The number of benzene rings is 3. The van der Waals surface area contributed by atoms with Crippen molar-refractivity contribution in [2.45, 2.75) is 12.5 Å². The Morgan fingerprint density at radius 1 is 0.880 bits per heavy atom. The Bertz CT molecular complexity index is 885. The van der Waals surface area contributed by atoms with Crippen molar-refractivity contribution in [1.29, 1.82) is 0 Å². The van der Waals surface area contributed by atoms with Gasteiger partial charge in [0.15, 0.2) is 0 Å². The Balaban J connectivity index is 1.73. The van der Waals surface area contributed by atoms with Gasteiger partial charge in [0.1, 0.15) is 5.75 Å². The lowest BCUT2D eigenvalue weighted by atomic mass is 9.94. The largest absolute Gasteiger partial charge is 0.497 e. The number of hydrogen-bond donors (Lipinski definition) is 1. The van der Waals surface area contributed by atoms with E-state index in [1.54, 1.807) is 7.11 Å². The van der Waals surface area contributed by atoms with E-state index in [2.05, 4.69) is 47.8 Å². The van der Waals surface area contributed by atoms with E-state index in [-0.39, 0.29) is 6.04 Å². The molecule has 4 rings (SSSR count). The molecule has 3 heteroatoms. The third-order valence-corrected chi connectivity index (χ3v) is 4.47. The Kier molecular flexibility index (Phi) is 4.21. The van der Waals surface area contributed by atoms with E-state index >= 15 is 0 Å². The first-order valence-electron chi connectivity index (χ1n) is 8.46. The molecule has 0 aromatic heterocycles. The average molecular weight is 328 g/mol. The lowest BCUT2D eigenvalue weighted by molar-refractivity contribution is 0.415. The van der Waals surface area contributed by atoms with Gasteiger partial charge < -0.3 is 10.1 Å². The summed E-state index contributed by atoms with van der Waals surface area (Å²) in [4.78, 5) is 4.96. The standard InChI is InChI=1S/C22H20N2O/c1-25-18-13-11-17(12-14-18)22-21(15-16-7-3-2-4-8-16)23-19-9-5-6-10-20(19)24-22/h2-14,21,23H,15H2,1H3. The highest BCUT2D eigenvalue weighted by Gasteiger charge is 2.23. The van der Waals surface area contributed by atoms with E-state index < -0.39 is 0 Å². The molecular weight excluding hydrogens is 308 g/mol. The number of fused-ring (bicyclic) bond motifs is 1. The molecule has 1 atom stereocenters. The van der Waals surface area contributed by atoms with Crippen molar-refractivity contribution in [1.82, 2.24) is 0 Å². The van der Waals surface area contributed by atoms with Gasteiger partial charge in [-0.25, -0.2) is 4.99 Å². The predicted octanol–water partition coefficient (Wildman–Crippen LogP) is 4.85. The molecule has 0 spiro atoms. The molecule has 3 aromatic carbocycles. The van der Waals surface area contributed by atoms with Crippen molar-refractivity contribution in [3.05, 3.63) is 90.0 Å². The van der Waals surface area contributed by atoms with Crippen LogP contribution >= 0.6 is 0 Å². The van der Waals surface area contributed by atoms with Crippen LogP contribution in [0.15, 0.2) is 83.9 Å². The first-order chi connectivity index (χ1) is 12.3. The van der Waals surface area contributed by atoms with Gasteiger partial charge in [-0.15, -0.1) is 0 Å². The van der Waals surface area contributed by atoms with E-state index in [1.165, 1.54) is 5.56 Å². The van der Waals surface area contributed by atoms with Crippen molar-refractivity contribution in [2.75, 3.05) is 12.4 Å². The van der Waals surface area contributed by atoms with Crippen LogP contribution in [0.2, 0.25) is 0 Å². The zero-order chi connectivity index (χ0) is 17.1. The SMILES string of the molecule is COc1ccc(C2=Nc3ccccc3NC2Cc2ccccc2)cc1. The van der Waals surface area contributed by atoms with Crippen LogP contribution in [0.4, 0.5) is 11.4 Å². The quantitative estimate of drug-likeness (QED) is 0.742. The van der Waals surface area contributed by atoms with E-state index in [0.717, 1.165) is 34.8 Å². The molecule has 1 aliphatic heterocycles. The van der Waals surface area contributed by atoms with Crippen LogP contribution in [0.1, 0.15) is 11.1 Å². The second-order valence-electron chi connectivity index (χ2n) is 6.13. The lowest BCUT2D eigenvalue weighted by Gasteiger charge is -2.27. The fourth-order valence-electron chi connectivity index (χ4n) is 3.18. The number of aliphatic imine (C=N–C) groups is 1. The molecule has 3 aromatic rings. The predicted molar refractivity (Wildman–Crippen MR) is 103 cm³/mol. The number of methoxy groups -OCH3 is 1. The van der Waals surface area contributed by atoms with Gasteiger partial charge >= 0.3 is 0 Å². The molecule has 0 fully saturated rings. The molecule has 0 saturated carbocycles. The second-order valence-corrected chi connectivity index (χ2v) is 6.13. The normalized spacial score (nSPS) is 15.7. The molecule has 124 valence electrons. The minimum absolute atomic E-state index is 0.130. The number of rotatable bonds is 4. The number of hydrogen-bond acceptors (Lipinski definition) is 3. The Morgan fingerprint density at radius 3 is 2.36 bits per heavy atom. The van der Waals surface area contributed by atoms with Gasteiger partial charge in [-0.3, -0.25) is 0 Å². The van der Waals surface area contributed by atoms with Crippen LogP contribution in [0.3, 0.4) is 0 Å². The van der Waals surface area contributed by atoms with Crippen LogP contribution in [0.25, 0.3) is 0 Å². The van der Waals surface area contributed by atoms with Gasteiger partial charge in [-0.05, 0) is 53.9 Å². The van der Waals surface area contributed by atoms with Crippen molar-refractivity contribution in [3.63, 3.8) is 0 Å². The Morgan fingerprint density at radius 2 is 1.60 bits per heavy atom. The fourth-order valence-corrected chi connectivity index (χ4v) is 3.18. The van der Waals surface area contributed by atoms with Crippen molar-refractivity contribution in [2.24, 2.45) is 4.99 Å². The first-order valence-corrected chi connectivity index (χ1v) is 8.46. The molecular formula is C22H20N2O. The molecule has 3 nitrogen and oxygen atoms in total. The molecule has 0 radical (unpaired) electrons. The van der Waals surface area contributed by atoms with Gasteiger partial charge in [-0.1, -0.05) is 42.5 Å². The van der Waals surface area contributed by atoms with Crippen LogP contribution in [0, 0.1) is 0 Å². The van der Waals surface area contributed by atoms with Crippen LogP contribution in [-0.4, -0.2) is 18.9 Å². The van der Waals surface area contributed by atoms with Crippen LogP contribution in [0.5, 0.6) is 5.75 Å². The number of para-hydroxylation sites is 2.